The number of nitrogens with zero attached hydrogens (tertiary/aromatic N) is 3. The highest BCUT2D eigenvalue weighted by atomic mass is 16.2. The minimum absolute atomic E-state index is 0.0362. The van der Waals surface area contributed by atoms with Crippen LogP contribution in [0.1, 0.15) is 49.0 Å². The van der Waals surface area contributed by atoms with Crippen LogP contribution >= 0.6 is 0 Å². The molecule has 3 aromatic rings. The predicted molar refractivity (Wildman–Crippen MR) is 121 cm³/mol. The SMILES string of the molecule is Cc1c(NC(=O)c2cc(N)nn2C)c[nH]c1C(=O)Nc1n[nH]c(C(=O)NCCC(=N)N)c1C. The molecule has 14 nitrogen and oxygen atoms in total. The number of nitrogens with one attached hydrogen (secondary N) is 6. The monoisotopic (exact) mass is 455 g/mol. The van der Waals surface area contributed by atoms with Gasteiger partial charge in [-0.1, -0.05) is 0 Å². The highest BCUT2D eigenvalue weighted by Gasteiger charge is 2.21. The van der Waals surface area contributed by atoms with Gasteiger partial charge in [0.1, 0.15) is 22.9 Å². The molecule has 0 aliphatic heterocycles. The number of anilines is 3. The van der Waals surface area contributed by atoms with Gasteiger partial charge in [-0.05, 0) is 13.8 Å². The molecule has 0 spiro atoms. The smallest absolute Gasteiger partial charge is 0.274 e. The number of aromatic amines is 2. The second-order valence-corrected chi connectivity index (χ2v) is 7.29. The van der Waals surface area contributed by atoms with E-state index in [0.29, 0.717) is 16.8 Å². The molecule has 0 radical (unpaired) electrons. The van der Waals surface area contributed by atoms with E-state index in [0.717, 1.165) is 0 Å². The van der Waals surface area contributed by atoms with E-state index >= 15 is 0 Å². The molecule has 0 atom stereocenters. The van der Waals surface area contributed by atoms with E-state index in [1.165, 1.54) is 16.9 Å². The molecule has 0 bridgehead atoms. The summed E-state index contributed by atoms with van der Waals surface area (Å²) in [5, 5.41) is 25.7. The number of aromatic nitrogens is 5. The first-order valence-electron chi connectivity index (χ1n) is 9.84. The normalized spacial score (nSPS) is 10.6. The van der Waals surface area contributed by atoms with Crippen molar-refractivity contribution in [3.8, 4) is 0 Å². The minimum atomic E-state index is -0.504. The Hall–Kier alpha value is -4.62. The number of carbonyl (C=O) groups excluding carboxylic acids is 3. The number of hydrogen-bond acceptors (Lipinski definition) is 7. The number of nitrogen functional groups attached to an aromatic ring is 1. The standard InChI is InChI=1S/C19H25N11O3/c1-8-10(25-17(31)11-6-13(22)29-30(11)3)7-24-14(8)19(33)26-16-9(2)15(27-28-16)18(32)23-5-4-12(20)21/h6-7,24H,4-5H2,1-3H3,(H3,20,21)(H2,22,29)(H,23,32)(H,25,31)(H2,26,27,28,33). The molecule has 33 heavy (non-hydrogen) atoms. The van der Waals surface area contributed by atoms with Crippen molar-refractivity contribution in [2.75, 3.05) is 22.9 Å². The maximum atomic E-state index is 12.8. The molecule has 0 aliphatic rings. The van der Waals surface area contributed by atoms with Gasteiger partial charge in [0.25, 0.3) is 17.7 Å². The van der Waals surface area contributed by atoms with Gasteiger partial charge in [0, 0.05) is 43.4 Å². The molecule has 3 aromatic heterocycles. The number of nitrogens with two attached hydrogens (primary N) is 2. The van der Waals surface area contributed by atoms with E-state index in [1.54, 1.807) is 20.9 Å². The number of carbonyl (C=O) groups is 3. The Kier molecular flexibility index (Phi) is 6.46. The van der Waals surface area contributed by atoms with Gasteiger partial charge in [0.05, 0.1) is 11.5 Å². The van der Waals surface area contributed by atoms with E-state index in [-0.39, 0.29) is 47.5 Å². The van der Waals surface area contributed by atoms with Crippen molar-refractivity contribution in [1.29, 1.82) is 5.41 Å². The third-order valence-corrected chi connectivity index (χ3v) is 4.90. The minimum Gasteiger partial charge on any atom is -0.388 e. The van der Waals surface area contributed by atoms with Crippen LogP contribution in [0.3, 0.4) is 0 Å². The lowest BCUT2D eigenvalue weighted by molar-refractivity contribution is 0.0947. The Morgan fingerprint density at radius 3 is 2.48 bits per heavy atom. The fourth-order valence-electron chi connectivity index (χ4n) is 3.06. The zero-order valence-corrected chi connectivity index (χ0v) is 18.3. The number of amidine groups is 1. The molecule has 0 saturated carbocycles. The third-order valence-electron chi connectivity index (χ3n) is 4.90. The van der Waals surface area contributed by atoms with E-state index in [4.69, 9.17) is 16.9 Å². The van der Waals surface area contributed by atoms with Gasteiger partial charge in [-0.2, -0.15) is 10.2 Å². The Bertz CT molecular complexity index is 1230. The van der Waals surface area contributed by atoms with Gasteiger partial charge >= 0.3 is 0 Å². The van der Waals surface area contributed by atoms with Crippen LogP contribution < -0.4 is 27.4 Å². The molecular weight excluding hydrogens is 430 g/mol. The van der Waals surface area contributed by atoms with E-state index < -0.39 is 17.7 Å². The fourth-order valence-corrected chi connectivity index (χ4v) is 3.06. The second kappa shape index (κ2) is 9.25. The van der Waals surface area contributed by atoms with Crippen LogP contribution in [0.25, 0.3) is 0 Å². The van der Waals surface area contributed by atoms with Crippen molar-refractivity contribution in [2.24, 2.45) is 12.8 Å². The quantitative estimate of drug-likeness (QED) is 0.174. The van der Waals surface area contributed by atoms with Gasteiger partial charge in [-0.3, -0.25) is 29.6 Å². The second-order valence-electron chi connectivity index (χ2n) is 7.29. The number of amides is 3. The first-order chi connectivity index (χ1) is 15.6. The molecule has 3 rings (SSSR count). The molecule has 0 aliphatic carbocycles. The summed E-state index contributed by atoms with van der Waals surface area (Å²) in [6, 6.07) is 1.44. The molecule has 3 heterocycles. The number of aryl methyl sites for hydroxylation is 1. The summed E-state index contributed by atoms with van der Waals surface area (Å²) in [5.41, 5.74) is 12.9. The molecule has 174 valence electrons. The molecule has 0 fully saturated rings. The lowest BCUT2D eigenvalue weighted by Crippen LogP contribution is -2.28. The van der Waals surface area contributed by atoms with Crippen molar-refractivity contribution in [3.05, 3.63) is 40.5 Å². The summed E-state index contributed by atoms with van der Waals surface area (Å²) in [6.07, 6.45) is 1.72. The Balaban J connectivity index is 1.68. The Morgan fingerprint density at radius 1 is 1.12 bits per heavy atom. The van der Waals surface area contributed by atoms with E-state index in [9.17, 15) is 14.4 Å². The summed E-state index contributed by atoms with van der Waals surface area (Å²) in [4.78, 5) is 40.3. The van der Waals surface area contributed by atoms with Crippen LogP contribution in [0.5, 0.6) is 0 Å². The molecule has 3 amide bonds. The number of rotatable bonds is 8. The summed E-state index contributed by atoms with van der Waals surface area (Å²) in [7, 11) is 1.60. The van der Waals surface area contributed by atoms with Crippen molar-refractivity contribution in [3.63, 3.8) is 0 Å². The topological polar surface area (TPSA) is 225 Å². The van der Waals surface area contributed by atoms with Gasteiger partial charge in [-0.25, -0.2) is 0 Å². The summed E-state index contributed by atoms with van der Waals surface area (Å²) >= 11 is 0. The lowest BCUT2D eigenvalue weighted by Gasteiger charge is -2.06. The predicted octanol–water partition coefficient (Wildman–Crippen LogP) is 0.231. The summed E-state index contributed by atoms with van der Waals surface area (Å²) in [5.74, 6) is -1.00. The van der Waals surface area contributed by atoms with Crippen LogP contribution in [-0.4, -0.2) is 55.1 Å². The number of H-pyrrole nitrogens is 2. The fraction of sp³-hybridized carbons (Fsp3) is 0.263. The van der Waals surface area contributed by atoms with Crippen LogP contribution in [0, 0.1) is 19.3 Å². The average molecular weight is 455 g/mol. The molecule has 0 unspecified atom stereocenters. The summed E-state index contributed by atoms with van der Waals surface area (Å²) < 4.78 is 1.36. The maximum Gasteiger partial charge on any atom is 0.274 e. The van der Waals surface area contributed by atoms with Crippen molar-refractivity contribution < 1.29 is 14.4 Å². The Labute approximate surface area is 188 Å². The van der Waals surface area contributed by atoms with E-state index in [1.807, 2.05) is 0 Å². The van der Waals surface area contributed by atoms with Crippen molar-refractivity contribution >= 4 is 40.9 Å². The molecule has 0 saturated heterocycles. The zero-order valence-electron chi connectivity index (χ0n) is 18.3. The first kappa shape index (κ1) is 23.1. The molecule has 14 heteroatoms. The zero-order chi connectivity index (χ0) is 24.3. The third kappa shape index (κ3) is 5.00. The first-order valence-corrected chi connectivity index (χ1v) is 9.84. The van der Waals surface area contributed by atoms with E-state index in [2.05, 4.69) is 36.2 Å². The van der Waals surface area contributed by atoms with Crippen LogP contribution in [0.4, 0.5) is 17.3 Å². The van der Waals surface area contributed by atoms with Gasteiger partial charge < -0.3 is 32.4 Å². The van der Waals surface area contributed by atoms with Crippen LogP contribution in [-0.2, 0) is 7.05 Å². The van der Waals surface area contributed by atoms with Gasteiger partial charge in [0.2, 0.25) is 0 Å². The van der Waals surface area contributed by atoms with Crippen LogP contribution in [0.2, 0.25) is 0 Å². The van der Waals surface area contributed by atoms with Crippen molar-refractivity contribution in [1.82, 2.24) is 30.3 Å². The summed E-state index contributed by atoms with van der Waals surface area (Å²) in [6.45, 7) is 3.51. The van der Waals surface area contributed by atoms with Crippen molar-refractivity contribution in [2.45, 2.75) is 20.3 Å². The highest BCUT2D eigenvalue weighted by Crippen LogP contribution is 2.22. The molecular formula is C19H25N11O3. The molecule has 10 N–H and O–H groups in total. The maximum absolute atomic E-state index is 12.8. The van der Waals surface area contributed by atoms with Crippen LogP contribution in [0.15, 0.2) is 12.3 Å². The Morgan fingerprint density at radius 2 is 1.85 bits per heavy atom. The molecule has 0 aromatic carbocycles. The number of hydrogen-bond donors (Lipinski definition) is 8. The largest absolute Gasteiger partial charge is 0.388 e. The van der Waals surface area contributed by atoms with Gasteiger partial charge in [-0.15, -0.1) is 0 Å². The highest BCUT2D eigenvalue weighted by molar-refractivity contribution is 6.08. The average Bonchev–Trinajstić information content (AvgIpc) is 3.39. The van der Waals surface area contributed by atoms with Gasteiger partial charge in [0.15, 0.2) is 5.82 Å². The lowest BCUT2D eigenvalue weighted by atomic mass is 10.2.